The van der Waals surface area contributed by atoms with Crippen LogP contribution in [-0.2, 0) is 9.84 Å². The van der Waals surface area contributed by atoms with Gasteiger partial charge in [-0.1, -0.05) is 35.9 Å². The van der Waals surface area contributed by atoms with Crippen LogP contribution in [0.4, 0.5) is 0 Å². The lowest BCUT2D eigenvalue weighted by Gasteiger charge is -2.20. The Kier molecular flexibility index (Phi) is 6.66. The van der Waals surface area contributed by atoms with Crippen LogP contribution in [0.15, 0.2) is 64.3 Å². The second-order valence-corrected chi connectivity index (χ2v) is 9.86. The maximum Gasteiger partial charge on any atom is 0.261 e. The van der Waals surface area contributed by atoms with E-state index >= 15 is 0 Å². The Morgan fingerprint density at radius 2 is 1.66 bits per heavy atom. The summed E-state index contributed by atoms with van der Waals surface area (Å²) in [5.74, 6) is -0.971. The summed E-state index contributed by atoms with van der Waals surface area (Å²) in [5, 5.41) is 3.25. The van der Waals surface area contributed by atoms with Crippen LogP contribution in [-0.4, -0.2) is 31.3 Å². The molecule has 3 aromatic rings. The summed E-state index contributed by atoms with van der Waals surface area (Å²) in [6, 6.07) is 13.4. The van der Waals surface area contributed by atoms with Gasteiger partial charge in [0.15, 0.2) is 15.6 Å². The zero-order chi connectivity index (χ0) is 23.6. The standard InChI is InChI=1S/C23H21ClN2O5S/c1-13-19(14(2)27)12-20(22(28)25-13)23(29)26-21(16-5-4-6-17(24)11-16)15-7-9-18(10-8-15)32(3,30)31/h4-12,21H,1-3H3,(H,25,28)(H,26,29). The van der Waals surface area contributed by atoms with Gasteiger partial charge >= 0.3 is 0 Å². The normalized spacial score (nSPS) is 12.2. The van der Waals surface area contributed by atoms with E-state index in [1.54, 1.807) is 43.3 Å². The molecule has 9 heteroatoms. The van der Waals surface area contributed by atoms with Crippen molar-refractivity contribution in [3.8, 4) is 0 Å². The Balaban J connectivity index is 2.06. The fourth-order valence-corrected chi connectivity index (χ4v) is 4.15. The number of rotatable bonds is 6. The molecule has 2 aromatic carbocycles. The van der Waals surface area contributed by atoms with Crippen molar-refractivity contribution in [1.29, 1.82) is 0 Å². The molecule has 3 rings (SSSR count). The molecule has 0 saturated heterocycles. The molecule has 0 aliphatic rings. The number of nitrogens with one attached hydrogen (secondary N) is 2. The smallest absolute Gasteiger partial charge is 0.261 e. The number of hydrogen-bond acceptors (Lipinski definition) is 5. The van der Waals surface area contributed by atoms with Crippen molar-refractivity contribution < 1.29 is 18.0 Å². The van der Waals surface area contributed by atoms with Crippen LogP contribution in [0.25, 0.3) is 0 Å². The fraction of sp³-hybridized carbons (Fsp3) is 0.174. The predicted octanol–water partition coefficient (Wildman–Crippen LogP) is 3.46. The van der Waals surface area contributed by atoms with Gasteiger partial charge < -0.3 is 10.3 Å². The lowest BCUT2D eigenvalue weighted by Crippen LogP contribution is -2.34. The molecule has 32 heavy (non-hydrogen) atoms. The number of benzene rings is 2. The van der Waals surface area contributed by atoms with Gasteiger partial charge in [-0.25, -0.2) is 8.42 Å². The molecule has 1 atom stereocenters. The molecule has 0 radical (unpaired) electrons. The van der Waals surface area contributed by atoms with E-state index in [-0.39, 0.29) is 21.8 Å². The fourth-order valence-electron chi connectivity index (χ4n) is 3.32. The van der Waals surface area contributed by atoms with E-state index in [2.05, 4.69) is 10.3 Å². The summed E-state index contributed by atoms with van der Waals surface area (Å²) in [4.78, 5) is 40.0. The summed E-state index contributed by atoms with van der Waals surface area (Å²) in [6.07, 6.45) is 1.11. The van der Waals surface area contributed by atoms with Gasteiger partial charge in [-0.05, 0) is 55.3 Å². The number of sulfone groups is 1. The van der Waals surface area contributed by atoms with Crippen LogP contribution >= 0.6 is 11.6 Å². The van der Waals surface area contributed by atoms with E-state index in [9.17, 15) is 22.8 Å². The first-order chi connectivity index (χ1) is 15.0. The highest BCUT2D eigenvalue weighted by molar-refractivity contribution is 7.90. The average Bonchev–Trinajstić information content (AvgIpc) is 2.71. The summed E-state index contributed by atoms with van der Waals surface area (Å²) < 4.78 is 23.6. The highest BCUT2D eigenvalue weighted by atomic mass is 35.5. The first-order valence-corrected chi connectivity index (χ1v) is 11.9. The van der Waals surface area contributed by atoms with Crippen molar-refractivity contribution >= 4 is 33.1 Å². The van der Waals surface area contributed by atoms with Crippen LogP contribution in [0, 0.1) is 6.92 Å². The first kappa shape index (κ1) is 23.4. The van der Waals surface area contributed by atoms with Crippen molar-refractivity contribution in [2.75, 3.05) is 6.26 Å². The van der Waals surface area contributed by atoms with Gasteiger partial charge in [0.1, 0.15) is 5.56 Å². The Hall–Kier alpha value is -3.23. The molecular weight excluding hydrogens is 452 g/mol. The summed E-state index contributed by atoms with van der Waals surface area (Å²) in [7, 11) is -3.39. The summed E-state index contributed by atoms with van der Waals surface area (Å²) in [6.45, 7) is 2.93. The molecule has 2 N–H and O–H groups in total. The molecule has 1 amide bonds. The maximum absolute atomic E-state index is 13.0. The number of H-pyrrole nitrogens is 1. The molecule has 0 saturated carbocycles. The minimum absolute atomic E-state index is 0.137. The zero-order valence-corrected chi connectivity index (χ0v) is 19.2. The van der Waals surface area contributed by atoms with Crippen molar-refractivity contribution in [3.05, 3.63) is 97.9 Å². The number of ketones is 1. The second-order valence-electron chi connectivity index (χ2n) is 7.41. The quantitative estimate of drug-likeness (QED) is 0.533. The van der Waals surface area contributed by atoms with Crippen LogP contribution in [0.1, 0.15) is 50.5 Å². The Labute approximate surface area is 190 Å². The van der Waals surface area contributed by atoms with Crippen molar-refractivity contribution in [1.82, 2.24) is 10.3 Å². The predicted molar refractivity (Wildman–Crippen MR) is 122 cm³/mol. The van der Waals surface area contributed by atoms with Gasteiger partial charge in [0.2, 0.25) is 0 Å². The number of aromatic amines is 1. The summed E-state index contributed by atoms with van der Waals surface area (Å²) >= 11 is 6.13. The Morgan fingerprint density at radius 1 is 1.00 bits per heavy atom. The third-order valence-corrected chi connectivity index (χ3v) is 6.32. The van der Waals surface area contributed by atoms with E-state index in [1.165, 1.54) is 25.1 Å². The Bertz CT molecular complexity index is 1360. The number of aryl methyl sites for hydroxylation is 1. The molecule has 1 unspecified atom stereocenters. The SMILES string of the molecule is CC(=O)c1cc(C(=O)NC(c2ccc(S(C)(=O)=O)cc2)c2cccc(Cl)c2)c(=O)[nH]c1C. The maximum atomic E-state index is 13.0. The molecule has 0 spiro atoms. The molecule has 1 aromatic heterocycles. The molecule has 0 aliphatic carbocycles. The third-order valence-electron chi connectivity index (χ3n) is 4.96. The van der Waals surface area contributed by atoms with Crippen LogP contribution in [0.3, 0.4) is 0 Å². The number of Topliss-reactive ketones (excluding diaryl/α,β-unsaturated/α-hetero) is 1. The molecule has 0 bridgehead atoms. The van der Waals surface area contributed by atoms with Gasteiger partial charge in [0.05, 0.1) is 10.9 Å². The Morgan fingerprint density at radius 3 is 2.22 bits per heavy atom. The third kappa shape index (κ3) is 5.15. The monoisotopic (exact) mass is 472 g/mol. The molecule has 1 heterocycles. The zero-order valence-electron chi connectivity index (χ0n) is 17.6. The molecular formula is C23H21ClN2O5S. The van der Waals surface area contributed by atoms with E-state index in [1.807, 2.05) is 0 Å². The number of halogens is 1. The van der Waals surface area contributed by atoms with Gasteiger partial charge in [0, 0.05) is 22.5 Å². The number of aromatic nitrogens is 1. The minimum atomic E-state index is -3.39. The summed E-state index contributed by atoms with van der Waals surface area (Å²) in [5.41, 5.74) is 1.01. The van der Waals surface area contributed by atoms with Crippen LogP contribution < -0.4 is 10.9 Å². The topological polar surface area (TPSA) is 113 Å². The molecule has 166 valence electrons. The molecule has 7 nitrogen and oxygen atoms in total. The minimum Gasteiger partial charge on any atom is -0.341 e. The number of hydrogen-bond donors (Lipinski definition) is 2. The molecule has 0 fully saturated rings. The second kappa shape index (κ2) is 9.10. The number of pyridine rings is 1. The van der Waals surface area contributed by atoms with E-state index in [0.29, 0.717) is 21.8 Å². The van der Waals surface area contributed by atoms with Gasteiger partial charge in [-0.2, -0.15) is 0 Å². The van der Waals surface area contributed by atoms with E-state index in [0.717, 1.165) is 6.26 Å². The lowest BCUT2D eigenvalue weighted by atomic mass is 9.98. The van der Waals surface area contributed by atoms with Crippen molar-refractivity contribution in [2.24, 2.45) is 0 Å². The van der Waals surface area contributed by atoms with Crippen molar-refractivity contribution in [2.45, 2.75) is 24.8 Å². The number of amides is 1. The highest BCUT2D eigenvalue weighted by Gasteiger charge is 2.22. The van der Waals surface area contributed by atoms with Crippen molar-refractivity contribution in [3.63, 3.8) is 0 Å². The largest absolute Gasteiger partial charge is 0.341 e. The molecule has 0 aliphatic heterocycles. The average molecular weight is 473 g/mol. The van der Waals surface area contributed by atoms with E-state index < -0.39 is 27.3 Å². The van der Waals surface area contributed by atoms with E-state index in [4.69, 9.17) is 11.6 Å². The number of carbonyl (C=O) groups excluding carboxylic acids is 2. The number of carbonyl (C=O) groups is 2. The lowest BCUT2D eigenvalue weighted by molar-refractivity contribution is 0.0941. The highest BCUT2D eigenvalue weighted by Crippen LogP contribution is 2.26. The van der Waals surface area contributed by atoms with Crippen LogP contribution in [0.5, 0.6) is 0 Å². The van der Waals surface area contributed by atoms with Gasteiger partial charge in [-0.3, -0.25) is 14.4 Å². The van der Waals surface area contributed by atoms with Gasteiger partial charge in [0.25, 0.3) is 11.5 Å². The van der Waals surface area contributed by atoms with Gasteiger partial charge in [-0.15, -0.1) is 0 Å². The first-order valence-electron chi connectivity index (χ1n) is 9.58. The van der Waals surface area contributed by atoms with Crippen LogP contribution in [0.2, 0.25) is 5.02 Å².